The molecule has 1 aliphatic heterocycles. The van der Waals surface area contributed by atoms with Crippen LogP contribution in [0.5, 0.6) is 0 Å². The van der Waals surface area contributed by atoms with E-state index in [4.69, 9.17) is 4.74 Å². The van der Waals surface area contributed by atoms with Crippen LogP contribution in [0.1, 0.15) is 30.5 Å². The number of carbonyl (C=O) groups is 4. The van der Waals surface area contributed by atoms with E-state index in [1.165, 1.54) is 0 Å². The van der Waals surface area contributed by atoms with E-state index in [0.717, 1.165) is 16.7 Å². The van der Waals surface area contributed by atoms with Crippen molar-refractivity contribution in [3.63, 3.8) is 0 Å². The van der Waals surface area contributed by atoms with Crippen LogP contribution < -0.4 is 16.0 Å². The van der Waals surface area contributed by atoms with Gasteiger partial charge in [0.2, 0.25) is 11.7 Å². The Bertz CT molecular complexity index is 1010. The molecule has 9 heteroatoms. The number of hydrogen-bond donors (Lipinski definition) is 3. The fraction of sp³-hybridized carbons (Fsp3) is 0.375. The average Bonchev–Trinajstić information content (AvgIpc) is 2.80. The molecule has 3 amide bonds. The molecule has 0 radical (unpaired) electrons. The van der Waals surface area contributed by atoms with E-state index in [0.29, 0.717) is 13.0 Å². The summed E-state index contributed by atoms with van der Waals surface area (Å²) in [7, 11) is 0. The number of pyridine rings is 1. The Hall–Kier alpha value is -3.75. The first-order valence-corrected chi connectivity index (χ1v) is 10.9. The van der Waals surface area contributed by atoms with Gasteiger partial charge in [0.15, 0.2) is 0 Å². The van der Waals surface area contributed by atoms with Crippen LogP contribution in [0, 0.1) is 5.92 Å². The minimum absolute atomic E-state index is 0.0593. The highest BCUT2D eigenvalue weighted by molar-refractivity contribution is 6.38. The SMILES string of the molecule is CC(C)C(NC(=O)OCc1ccccc1)C(=O)NC1Cc2cncc(c2)CCNC(=O)C1=O. The molecule has 1 aliphatic rings. The molecule has 3 N–H and O–H groups in total. The monoisotopic (exact) mass is 452 g/mol. The Kier molecular flexibility index (Phi) is 8.12. The Morgan fingerprint density at radius 1 is 1.15 bits per heavy atom. The van der Waals surface area contributed by atoms with Gasteiger partial charge in [-0.15, -0.1) is 0 Å². The maximum atomic E-state index is 13.0. The van der Waals surface area contributed by atoms with Gasteiger partial charge in [-0.2, -0.15) is 0 Å². The third kappa shape index (κ3) is 6.86. The maximum Gasteiger partial charge on any atom is 0.408 e. The van der Waals surface area contributed by atoms with E-state index in [-0.39, 0.29) is 18.9 Å². The highest BCUT2D eigenvalue weighted by atomic mass is 16.5. The lowest BCUT2D eigenvalue weighted by Crippen LogP contribution is -2.56. The first kappa shape index (κ1) is 23.9. The second-order valence-electron chi connectivity index (χ2n) is 8.26. The van der Waals surface area contributed by atoms with Gasteiger partial charge in [-0.3, -0.25) is 19.4 Å². The largest absolute Gasteiger partial charge is 0.445 e. The minimum atomic E-state index is -1.09. The number of nitrogens with zero attached hydrogens (tertiary/aromatic N) is 1. The molecule has 2 atom stereocenters. The van der Waals surface area contributed by atoms with Gasteiger partial charge in [-0.1, -0.05) is 50.2 Å². The molecule has 33 heavy (non-hydrogen) atoms. The number of Topliss-reactive ketones (excluding diaryl/α,β-unsaturated/α-hetero) is 1. The highest BCUT2D eigenvalue weighted by Gasteiger charge is 2.32. The molecule has 1 aromatic carbocycles. The second-order valence-corrected chi connectivity index (χ2v) is 8.26. The molecule has 0 spiro atoms. The molecule has 1 aromatic heterocycles. The zero-order valence-corrected chi connectivity index (χ0v) is 18.7. The van der Waals surface area contributed by atoms with Crippen molar-refractivity contribution in [3.05, 3.63) is 65.5 Å². The number of amides is 3. The predicted molar refractivity (Wildman–Crippen MR) is 120 cm³/mol. The smallest absolute Gasteiger partial charge is 0.408 e. The minimum Gasteiger partial charge on any atom is -0.445 e. The summed E-state index contributed by atoms with van der Waals surface area (Å²) < 4.78 is 5.21. The molecule has 0 fully saturated rings. The molecule has 2 unspecified atom stereocenters. The lowest BCUT2D eigenvalue weighted by molar-refractivity contribution is -0.140. The number of aromatic nitrogens is 1. The van der Waals surface area contributed by atoms with E-state index < -0.39 is 35.8 Å². The molecular weight excluding hydrogens is 424 g/mol. The van der Waals surface area contributed by atoms with Gasteiger partial charge in [0, 0.05) is 25.4 Å². The van der Waals surface area contributed by atoms with Crippen LogP contribution >= 0.6 is 0 Å². The Balaban J connectivity index is 1.68. The zero-order chi connectivity index (χ0) is 23.8. The van der Waals surface area contributed by atoms with Crippen molar-refractivity contribution in [3.8, 4) is 0 Å². The van der Waals surface area contributed by atoms with Crippen LogP contribution in [-0.2, 0) is 38.6 Å². The summed E-state index contributed by atoms with van der Waals surface area (Å²) in [4.78, 5) is 54.5. The van der Waals surface area contributed by atoms with Crippen LogP contribution in [0.25, 0.3) is 0 Å². The molecular formula is C24H28N4O5. The third-order valence-electron chi connectivity index (χ3n) is 5.28. The zero-order valence-electron chi connectivity index (χ0n) is 18.7. The van der Waals surface area contributed by atoms with Crippen molar-refractivity contribution in [1.29, 1.82) is 0 Å². The Morgan fingerprint density at radius 3 is 2.61 bits per heavy atom. The quantitative estimate of drug-likeness (QED) is 0.567. The summed E-state index contributed by atoms with van der Waals surface area (Å²) in [6.45, 7) is 3.87. The van der Waals surface area contributed by atoms with Crippen LogP contribution in [-0.4, -0.2) is 47.3 Å². The molecule has 2 aromatic rings. The third-order valence-corrected chi connectivity index (χ3v) is 5.28. The molecule has 3 rings (SSSR count). The number of fused-ring (bicyclic) bond motifs is 2. The van der Waals surface area contributed by atoms with Crippen molar-refractivity contribution >= 4 is 23.7 Å². The molecule has 2 heterocycles. The van der Waals surface area contributed by atoms with Crippen molar-refractivity contribution in [1.82, 2.24) is 20.9 Å². The van der Waals surface area contributed by atoms with Gasteiger partial charge >= 0.3 is 6.09 Å². The number of alkyl carbamates (subject to hydrolysis) is 1. The maximum absolute atomic E-state index is 13.0. The number of rotatable bonds is 6. The number of nitrogens with one attached hydrogen (secondary N) is 3. The number of benzene rings is 1. The van der Waals surface area contributed by atoms with Crippen molar-refractivity contribution < 1.29 is 23.9 Å². The summed E-state index contributed by atoms with van der Waals surface area (Å²) in [5.41, 5.74) is 2.47. The Labute approximate surface area is 192 Å². The lowest BCUT2D eigenvalue weighted by Gasteiger charge is -2.25. The highest BCUT2D eigenvalue weighted by Crippen LogP contribution is 2.11. The summed E-state index contributed by atoms with van der Waals surface area (Å²) >= 11 is 0. The average molecular weight is 453 g/mol. The fourth-order valence-corrected chi connectivity index (χ4v) is 3.49. The van der Waals surface area contributed by atoms with Gasteiger partial charge in [0.05, 0.1) is 0 Å². The van der Waals surface area contributed by atoms with Crippen LogP contribution in [0.4, 0.5) is 4.79 Å². The lowest BCUT2D eigenvalue weighted by atomic mass is 9.98. The van der Waals surface area contributed by atoms with Gasteiger partial charge in [0.25, 0.3) is 5.91 Å². The number of ketones is 1. The topological polar surface area (TPSA) is 126 Å². The van der Waals surface area contributed by atoms with E-state index in [2.05, 4.69) is 20.9 Å². The second kappa shape index (κ2) is 11.2. The standard InChI is InChI=1S/C24H28N4O5/c1-15(2)20(28-24(32)33-14-16-6-4-3-5-7-16)22(30)27-19-11-18-10-17(12-25-13-18)8-9-26-23(31)21(19)29/h3-7,10,12-13,15,19-20H,8-9,11,14H2,1-2H3,(H,26,31)(H,27,30)(H,28,32). The van der Waals surface area contributed by atoms with Crippen LogP contribution in [0.3, 0.4) is 0 Å². The summed E-state index contributed by atoms with van der Waals surface area (Å²) in [6.07, 6.45) is 3.23. The van der Waals surface area contributed by atoms with Gasteiger partial charge in [-0.05, 0) is 29.0 Å². The van der Waals surface area contributed by atoms with E-state index >= 15 is 0 Å². The van der Waals surface area contributed by atoms with Gasteiger partial charge in [0.1, 0.15) is 18.7 Å². The van der Waals surface area contributed by atoms with Gasteiger partial charge in [-0.25, -0.2) is 4.79 Å². The summed E-state index contributed by atoms with van der Waals surface area (Å²) in [5, 5.41) is 7.77. The number of hydrogen-bond acceptors (Lipinski definition) is 6. The van der Waals surface area contributed by atoms with Crippen LogP contribution in [0.15, 0.2) is 48.8 Å². The molecule has 0 saturated heterocycles. The molecule has 174 valence electrons. The molecule has 0 aliphatic carbocycles. The fourth-order valence-electron chi connectivity index (χ4n) is 3.49. The molecule has 9 nitrogen and oxygen atoms in total. The van der Waals surface area contributed by atoms with E-state index in [1.54, 1.807) is 26.2 Å². The van der Waals surface area contributed by atoms with Crippen molar-refractivity contribution in [2.45, 2.75) is 45.4 Å². The van der Waals surface area contributed by atoms with Gasteiger partial charge < -0.3 is 20.7 Å². The van der Waals surface area contributed by atoms with Crippen molar-refractivity contribution in [2.24, 2.45) is 5.92 Å². The molecule has 2 bridgehead atoms. The van der Waals surface area contributed by atoms with Crippen LogP contribution in [0.2, 0.25) is 0 Å². The Morgan fingerprint density at radius 2 is 1.88 bits per heavy atom. The first-order valence-electron chi connectivity index (χ1n) is 10.9. The predicted octanol–water partition coefficient (Wildman–Crippen LogP) is 1.30. The number of carbonyl (C=O) groups excluding carboxylic acids is 4. The van der Waals surface area contributed by atoms with Crippen molar-refractivity contribution in [2.75, 3.05) is 6.54 Å². The summed E-state index contributed by atoms with van der Waals surface area (Å²) in [5.74, 6) is -2.36. The van der Waals surface area contributed by atoms with E-state index in [9.17, 15) is 19.2 Å². The van der Waals surface area contributed by atoms with E-state index in [1.807, 2.05) is 36.4 Å². The molecule has 0 saturated carbocycles. The normalized spacial score (nSPS) is 17.0. The summed E-state index contributed by atoms with van der Waals surface area (Å²) in [6, 6.07) is 9.02. The first-order chi connectivity index (χ1) is 15.8. The number of ether oxygens (including phenoxy) is 1.